The van der Waals surface area contributed by atoms with Crippen molar-refractivity contribution < 1.29 is 14.6 Å². The van der Waals surface area contributed by atoms with Crippen molar-refractivity contribution in [2.75, 3.05) is 13.2 Å². The lowest BCUT2D eigenvalue weighted by Gasteiger charge is -2.07. The number of aliphatic hydroxyl groups is 1. The molecule has 3 nitrogen and oxygen atoms in total. The average Bonchev–Trinajstić information content (AvgIpc) is 2.28. The van der Waals surface area contributed by atoms with Gasteiger partial charge in [-0.2, -0.15) is 0 Å². The molecule has 0 saturated heterocycles. The molecule has 0 fully saturated rings. The third-order valence-electron chi connectivity index (χ3n) is 2.16. The summed E-state index contributed by atoms with van der Waals surface area (Å²) in [6, 6.07) is 5.51. The normalized spacial score (nSPS) is 10.2. The zero-order valence-electron chi connectivity index (χ0n) is 9.20. The van der Waals surface area contributed by atoms with E-state index in [4.69, 9.17) is 9.84 Å². The number of carbonyl (C=O) groups excluding carboxylic acids is 1. The summed E-state index contributed by atoms with van der Waals surface area (Å²) in [5, 5.41) is 8.79. The highest BCUT2D eigenvalue weighted by atomic mass is 127. The number of esters is 1. The van der Waals surface area contributed by atoms with E-state index >= 15 is 0 Å². The van der Waals surface area contributed by atoms with Crippen molar-refractivity contribution >= 4 is 28.6 Å². The zero-order valence-corrected chi connectivity index (χ0v) is 11.4. The van der Waals surface area contributed by atoms with Crippen LogP contribution in [-0.2, 0) is 11.2 Å². The van der Waals surface area contributed by atoms with Crippen molar-refractivity contribution in [2.45, 2.75) is 19.8 Å². The number of benzene rings is 1. The maximum Gasteiger partial charge on any atom is 0.338 e. The van der Waals surface area contributed by atoms with Gasteiger partial charge in [-0.3, -0.25) is 0 Å². The lowest BCUT2D eigenvalue weighted by molar-refractivity contribution is 0.0526. The van der Waals surface area contributed by atoms with Crippen molar-refractivity contribution in [3.63, 3.8) is 0 Å². The van der Waals surface area contributed by atoms with Gasteiger partial charge in [0.05, 0.1) is 12.2 Å². The van der Waals surface area contributed by atoms with Crippen LogP contribution in [0.3, 0.4) is 0 Å². The van der Waals surface area contributed by atoms with Crippen molar-refractivity contribution in [3.05, 3.63) is 32.9 Å². The Kier molecular flexibility index (Phi) is 5.76. The van der Waals surface area contributed by atoms with Gasteiger partial charge in [-0.1, -0.05) is 0 Å². The predicted octanol–water partition coefficient (Wildman–Crippen LogP) is 2.39. The molecule has 0 aromatic heterocycles. The predicted molar refractivity (Wildman–Crippen MR) is 70.5 cm³/mol. The highest BCUT2D eigenvalue weighted by molar-refractivity contribution is 14.1. The molecule has 16 heavy (non-hydrogen) atoms. The Morgan fingerprint density at radius 2 is 2.25 bits per heavy atom. The smallest absolute Gasteiger partial charge is 0.338 e. The highest BCUT2D eigenvalue weighted by Crippen LogP contribution is 2.17. The van der Waals surface area contributed by atoms with Crippen LogP contribution in [0.15, 0.2) is 18.2 Å². The summed E-state index contributed by atoms with van der Waals surface area (Å²) in [7, 11) is 0. The van der Waals surface area contributed by atoms with E-state index in [0.29, 0.717) is 18.6 Å². The molecule has 0 atom stereocenters. The fourth-order valence-corrected chi connectivity index (χ4v) is 1.98. The number of hydrogen-bond donors (Lipinski definition) is 1. The minimum absolute atomic E-state index is 0.166. The Morgan fingerprint density at radius 1 is 1.50 bits per heavy atom. The first-order valence-electron chi connectivity index (χ1n) is 5.25. The molecule has 1 aromatic rings. The molecule has 0 bridgehead atoms. The second-order valence-electron chi connectivity index (χ2n) is 3.35. The molecule has 0 saturated carbocycles. The lowest BCUT2D eigenvalue weighted by atomic mass is 10.1. The van der Waals surface area contributed by atoms with Crippen LogP contribution in [0.25, 0.3) is 0 Å². The van der Waals surface area contributed by atoms with Gasteiger partial charge < -0.3 is 9.84 Å². The number of halogens is 1. The fourth-order valence-electron chi connectivity index (χ4n) is 1.38. The van der Waals surface area contributed by atoms with Crippen LogP contribution in [0.1, 0.15) is 29.3 Å². The van der Waals surface area contributed by atoms with Crippen LogP contribution in [0.4, 0.5) is 0 Å². The van der Waals surface area contributed by atoms with Crippen LogP contribution >= 0.6 is 22.6 Å². The molecule has 4 heteroatoms. The Bertz CT molecular complexity index is 363. The molecular weight excluding hydrogens is 319 g/mol. The SMILES string of the molecule is CCOC(=O)c1ccc(I)c(CCCO)c1. The van der Waals surface area contributed by atoms with E-state index in [1.54, 1.807) is 13.0 Å². The second-order valence-corrected chi connectivity index (χ2v) is 4.52. The Labute approximate surface area is 109 Å². The quantitative estimate of drug-likeness (QED) is 0.664. The van der Waals surface area contributed by atoms with Gasteiger partial charge in [0.1, 0.15) is 0 Å². The molecule has 0 unspecified atom stereocenters. The van der Waals surface area contributed by atoms with Crippen LogP contribution in [-0.4, -0.2) is 24.3 Å². The molecule has 1 aromatic carbocycles. The highest BCUT2D eigenvalue weighted by Gasteiger charge is 2.09. The molecule has 1 rings (SSSR count). The maximum absolute atomic E-state index is 11.5. The van der Waals surface area contributed by atoms with Crippen LogP contribution < -0.4 is 0 Å². The Morgan fingerprint density at radius 3 is 2.88 bits per heavy atom. The van der Waals surface area contributed by atoms with Crippen LogP contribution in [0.2, 0.25) is 0 Å². The summed E-state index contributed by atoms with van der Waals surface area (Å²) >= 11 is 2.23. The van der Waals surface area contributed by atoms with Crippen molar-refractivity contribution in [1.82, 2.24) is 0 Å². The number of hydrogen-bond acceptors (Lipinski definition) is 3. The van der Waals surface area contributed by atoms with E-state index in [9.17, 15) is 4.79 Å². The van der Waals surface area contributed by atoms with Crippen LogP contribution in [0.5, 0.6) is 0 Å². The first kappa shape index (κ1) is 13.4. The lowest BCUT2D eigenvalue weighted by Crippen LogP contribution is -2.06. The van der Waals surface area contributed by atoms with Gasteiger partial charge in [-0.25, -0.2) is 4.79 Å². The first-order chi connectivity index (χ1) is 7.69. The summed E-state index contributed by atoms with van der Waals surface area (Å²) in [5.74, 6) is -0.288. The summed E-state index contributed by atoms with van der Waals surface area (Å²) < 4.78 is 6.05. The fraction of sp³-hybridized carbons (Fsp3) is 0.417. The van der Waals surface area contributed by atoms with Gasteiger partial charge in [0.15, 0.2) is 0 Å². The van der Waals surface area contributed by atoms with E-state index in [1.165, 1.54) is 0 Å². The average molecular weight is 334 g/mol. The molecule has 0 aliphatic carbocycles. The number of carbonyl (C=O) groups is 1. The molecule has 1 N–H and O–H groups in total. The molecule has 0 amide bonds. The first-order valence-corrected chi connectivity index (χ1v) is 6.33. The van der Waals surface area contributed by atoms with E-state index in [1.807, 2.05) is 12.1 Å². The third kappa shape index (κ3) is 3.75. The van der Waals surface area contributed by atoms with Gasteiger partial charge in [0, 0.05) is 10.2 Å². The monoisotopic (exact) mass is 334 g/mol. The topological polar surface area (TPSA) is 46.5 Å². The molecular formula is C12H15IO3. The van der Waals surface area contributed by atoms with Gasteiger partial charge in [-0.05, 0) is 66.1 Å². The van der Waals surface area contributed by atoms with E-state index in [-0.39, 0.29) is 12.6 Å². The summed E-state index contributed by atoms with van der Waals surface area (Å²) in [5.41, 5.74) is 1.66. The Hall–Kier alpha value is -0.620. The zero-order chi connectivity index (χ0) is 12.0. The van der Waals surface area contributed by atoms with E-state index < -0.39 is 0 Å². The standard InChI is InChI=1S/C12H15IO3/c1-2-16-12(15)10-5-6-11(13)9(8-10)4-3-7-14/h5-6,8,14H,2-4,7H2,1H3. The molecule has 0 heterocycles. The number of aliphatic hydroxyl groups excluding tert-OH is 1. The third-order valence-corrected chi connectivity index (χ3v) is 3.21. The van der Waals surface area contributed by atoms with Crippen molar-refractivity contribution in [1.29, 1.82) is 0 Å². The van der Waals surface area contributed by atoms with E-state index in [2.05, 4.69) is 22.6 Å². The van der Waals surface area contributed by atoms with Gasteiger partial charge in [-0.15, -0.1) is 0 Å². The van der Waals surface area contributed by atoms with E-state index in [0.717, 1.165) is 15.6 Å². The van der Waals surface area contributed by atoms with Gasteiger partial charge in [0.25, 0.3) is 0 Å². The van der Waals surface area contributed by atoms with Crippen molar-refractivity contribution in [3.8, 4) is 0 Å². The minimum atomic E-state index is -0.288. The summed E-state index contributed by atoms with van der Waals surface area (Å²) in [6.07, 6.45) is 1.49. The van der Waals surface area contributed by atoms with Gasteiger partial charge in [0.2, 0.25) is 0 Å². The van der Waals surface area contributed by atoms with Crippen LogP contribution in [0, 0.1) is 3.57 Å². The maximum atomic E-state index is 11.5. The molecule has 0 radical (unpaired) electrons. The molecule has 88 valence electrons. The minimum Gasteiger partial charge on any atom is -0.462 e. The van der Waals surface area contributed by atoms with Crippen molar-refractivity contribution in [2.24, 2.45) is 0 Å². The number of ether oxygens (including phenoxy) is 1. The molecule has 0 aliphatic rings. The van der Waals surface area contributed by atoms with Gasteiger partial charge >= 0.3 is 5.97 Å². The summed E-state index contributed by atoms with van der Waals surface area (Å²) in [4.78, 5) is 11.5. The largest absolute Gasteiger partial charge is 0.462 e. The number of rotatable bonds is 5. The molecule has 0 aliphatic heterocycles. The molecule has 0 spiro atoms. The summed E-state index contributed by atoms with van der Waals surface area (Å²) in [6.45, 7) is 2.34. The number of aryl methyl sites for hydroxylation is 1. The Balaban J connectivity index is 2.84. The second kappa shape index (κ2) is 6.85.